The van der Waals surface area contributed by atoms with Crippen LogP contribution in [0.15, 0.2) is 18.3 Å². The summed E-state index contributed by atoms with van der Waals surface area (Å²) in [6, 6.07) is 4.47. The van der Waals surface area contributed by atoms with Crippen LogP contribution in [-0.2, 0) is 14.0 Å². The lowest BCUT2D eigenvalue weighted by atomic mass is 9.80. The second kappa shape index (κ2) is 5.83. The lowest BCUT2D eigenvalue weighted by molar-refractivity contribution is 0.00578. The third kappa shape index (κ3) is 3.14. The third-order valence-electron chi connectivity index (χ3n) is 4.89. The maximum atomic E-state index is 6.04. The molecule has 0 unspecified atom stereocenters. The van der Waals surface area contributed by atoms with Gasteiger partial charge in [0.1, 0.15) is 5.82 Å². The minimum absolute atomic E-state index is 0.323. The maximum absolute atomic E-state index is 6.04. The van der Waals surface area contributed by atoms with E-state index in [0.717, 1.165) is 37.3 Å². The summed E-state index contributed by atoms with van der Waals surface area (Å²) in [5.74, 6) is 0.896. The largest absolute Gasteiger partial charge is 0.496 e. The molecule has 0 aromatic carbocycles. The molecule has 0 saturated carbocycles. The van der Waals surface area contributed by atoms with E-state index in [1.807, 2.05) is 18.3 Å². The van der Waals surface area contributed by atoms with Crippen LogP contribution >= 0.6 is 0 Å². The molecule has 2 saturated heterocycles. The second-order valence-corrected chi connectivity index (χ2v) is 7.10. The predicted molar refractivity (Wildman–Crippen MR) is 87.4 cm³/mol. The van der Waals surface area contributed by atoms with Crippen LogP contribution in [0.2, 0.25) is 0 Å². The molecule has 2 fully saturated rings. The van der Waals surface area contributed by atoms with Gasteiger partial charge in [-0.3, -0.25) is 0 Å². The summed E-state index contributed by atoms with van der Waals surface area (Å²) in [6.07, 6.45) is 3.89. The van der Waals surface area contributed by atoms with Gasteiger partial charge in [0.15, 0.2) is 0 Å². The molecular formula is C16H25BN2O3. The van der Waals surface area contributed by atoms with Crippen LogP contribution in [0.3, 0.4) is 0 Å². The van der Waals surface area contributed by atoms with Gasteiger partial charge in [-0.2, -0.15) is 0 Å². The first kappa shape index (κ1) is 15.8. The summed E-state index contributed by atoms with van der Waals surface area (Å²) in [7, 11) is -0.352. The number of pyridine rings is 1. The standard InChI is InChI=1S/C16H25BN2O3/c1-15(2)16(3,4)22-17(21-15)12-5-6-14(18-11-12)19-13-7-9-20-10-8-13/h5-6,11,13H,7-10H2,1-4H3,(H,18,19). The molecule has 0 atom stereocenters. The maximum Gasteiger partial charge on any atom is 0.496 e. The van der Waals surface area contributed by atoms with Crippen molar-refractivity contribution in [1.29, 1.82) is 0 Å². The Morgan fingerprint density at radius 3 is 2.27 bits per heavy atom. The normalized spacial score (nSPS) is 24.5. The average Bonchev–Trinajstić information content (AvgIpc) is 2.69. The average molecular weight is 304 g/mol. The SMILES string of the molecule is CC1(C)OB(c2ccc(NC3CCOCC3)nc2)OC1(C)C. The van der Waals surface area contributed by atoms with Crippen molar-refractivity contribution < 1.29 is 14.0 Å². The van der Waals surface area contributed by atoms with Gasteiger partial charge in [0.25, 0.3) is 0 Å². The minimum Gasteiger partial charge on any atom is -0.399 e. The van der Waals surface area contributed by atoms with E-state index < -0.39 is 0 Å². The predicted octanol–water partition coefficient (Wildman–Crippen LogP) is 1.97. The summed E-state index contributed by atoms with van der Waals surface area (Å²) >= 11 is 0. The smallest absolute Gasteiger partial charge is 0.399 e. The summed E-state index contributed by atoms with van der Waals surface area (Å²) in [5.41, 5.74) is 0.309. The molecule has 0 radical (unpaired) electrons. The molecule has 1 N–H and O–H groups in total. The molecule has 1 aromatic rings. The lowest BCUT2D eigenvalue weighted by Crippen LogP contribution is -2.41. The first-order valence-corrected chi connectivity index (χ1v) is 8.03. The van der Waals surface area contributed by atoms with Crippen LogP contribution in [0, 0.1) is 0 Å². The van der Waals surface area contributed by atoms with Crippen molar-refractivity contribution in [3.8, 4) is 0 Å². The van der Waals surface area contributed by atoms with Crippen molar-refractivity contribution in [2.24, 2.45) is 0 Å². The van der Waals surface area contributed by atoms with Crippen molar-refractivity contribution >= 4 is 18.4 Å². The Kier molecular flexibility index (Phi) is 4.18. The van der Waals surface area contributed by atoms with Gasteiger partial charge in [0.05, 0.1) is 11.2 Å². The fourth-order valence-electron chi connectivity index (χ4n) is 2.66. The zero-order valence-corrected chi connectivity index (χ0v) is 13.9. The van der Waals surface area contributed by atoms with E-state index in [2.05, 4.69) is 38.0 Å². The summed E-state index contributed by atoms with van der Waals surface area (Å²) in [6.45, 7) is 9.87. The monoisotopic (exact) mass is 304 g/mol. The summed E-state index contributed by atoms with van der Waals surface area (Å²) in [5, 5.41) is 3.46. The topological polar surface area (TPSA) is 52.6 Å². The van der Waals surface area contributed by atoms with Gasteiger partial charge < -0.3 is 19.4 Å². The number of hydrogen-bond donors (Lipinski definition) is 1. The number of nitrogens with zero attached hydrogens (tertiary/aromatic N) is 1. The molecule has 6 heteroatoms. The third-order valence-corrected chi connectivity index (χ3v) is 4.89. The second-order valence-electron chi connectivity index (χ2n) is 7.10. The molecule has 5 nitrogen and oxygen atoms in total. The number of aromatic nitrogens is 1. The van der Waals surface area contributed by atoms with Crippen LogP contribution in [0.25, 0.3) is 0 Å². The first-order chi connectivity index (χ1) is 10.4. The number of rotatable bonds is 3. The van der Waals surface area contributed by atoms with Crippen molar-refractivity contribution in [1.82, 2.24) is 4.98 Å². The fourth-order valence-corrected chi connectivity index (χ4v) is 2.66. The number of nitrogens with one attached hydrogen (secondary N) is 1. The van der Waals surface area contributed by atoms with Crippen molar-refractivity contribution in [2.45, 2.75) is 57.8 Å². The van der Waals surface area contributed by atoms with Gasteiger partial charge >= 0.3 is 7.12 Å². The minimum atomic E-state index is -0.352. The van der Waals surface area contributed by atoms with E-state index in [0.29, 0.717) is 6.04 Å². The highest BCUT2D eigenvalue weighted by molar-refractivity contribution is 6.62. The number of ether oxygens (including phenoxy) is 1. The molecule has 2 aliphatic heterocycles. The van der Waals surface area contributed by atoms with Gasteiger partial charge in [0.2, 0.25) is 0 Å². The Morgan fingerprint density at radius 2 is 1.73 bits per heavy atom. The molecule has 22 heavy (non-hydrogen) atoms. The Morgan fingerprint density at radius 1 is 1.09 bits per heavy atom. The van der Waals surface area contributed by atoms with Gasteiger partial charge in [-0.25, -0.2) is 4.98 Å². The molecule has 2 aliphatic rings. The van der Waals surface area contributed by atoms with E-state index in [1.165, 1.54) is 0 Å². The van der Waals surface area contributed by atoms with E-state index in [4.69, 9.17) is 14.0 Å². The molecule has 3 rings (SSSR count). The van der Waals surface area contributed by atoms with Gasteiger partial charge in [-0.1, -0.05) is 6.07 Å². The lowest BCUT2D eigenvalue weighted by Gasteiger charge is -2.32. The van der Waals surface area contributed by atoms with Crippen molar-refractivity contribution in [3.63, 3.8) is 0 Å². The molecule has 0 amide bonds. The van der Waals surface area contributed by atoms with Crippen molar-refractivity contribution in [3.05, 3.63) is 18.3 Å². The van der Waals surface area contributed by atoms with Gasteiger partial charge in [-0.15, -0.1) is 0 Å². The Hall–Kier alpha value is -1.11. The highest BCUT2D eigenvalue weighted by Crippen LogP contribution is 2.36. The number of hydrogen-bond acceptors (Lipinski definition) is 5. The van der Waals surface area contributed by atoms with Gasteiger partial charge in [-0.05, 0) is 46.6 Å². The van der Waals surface area contributed by atoms with E-state index >= 15 is 0 Å². The molecule has 0 bridgehead atoms. The zero-order valence-electron chi connectivity index (χ0n) is 13.9. The van der Waals surface area contributed by atoms with Crippen LogP contribution in [0.5, 0.6) is 0 Å². The summed E-state index contributed by atoms with van der Waals surface area (Å²) < 4.78 is 17.5. The number of anilines is 1. The fraction of sp³-hybridized carbons (Fsp3) is 0.688. The van der Waals surface area contributed by atoms with E-state index in [1.54, 1.807) is 0 Å². The molecular weight excluding hydrogens is 279 g/mol. The van der Waals surface area contributed by atoms with Crippen LogP contribution in [0.4, 0.5) is 5.82 Å². The Balaban J connectivity index is 1.65. The van der Waals surface area contributed by atoms with E-state index in [-0.39, 0.29) is 18.3 Å². The highest BCUT2D eigenvalue weighted by atomic mass is 16.7. The van der Waals surface area contributed by atoms with Crippen LogP contribution in [0.1, 0.15) is 40.5 Å². The molecule has 120 valence electrons. The Bertz CT molecular complexity index is 497. The van der Waals surface area contributed by atoms with Gasteiger partial charge in [0, 0.05) is 30.9 Å². The Labute approximate surface area is 132 Å². The van der Waals surface area contributed by atoms with Crippen LogP contribution in [-0.4, -0.2) is 42.6 Å². The first-order valence-electron chi connectivity index (χ1n) is 8.03. The molecule has 0 spiro atoms. The quantitative estimate of drug-likeness (QED) is 0.865. The van der Waals surface area contributed by atoms with E-state index in [9.17, 15) is 0 Å². The molecule has 0 aliphatic carbocycles. The van der Waals surface area contributed by atoms with Crippen LogP contribution < -0.4 is 10.8 Å². The zero-order chi connectivity index (χ0) is 15.8. The molecule has 3 heterocycles. The van der Waals surface area contributed by atoms with Crippen molar-refractivity contribution in [2.75, 3.05) is 18.5 Å². The summed E-state index contributed by atoms with van der Waals surface area (Å²) in [4.78, 5) is 4.50. The molecule has 1 aromatic heterocycles. The highest BCUT2D eigenvalue weighted by Gasteiger charge is 2.51.